The van der Waals surface area contributed by atoms with Crippen LogP contribution in [0.25, 0.3) is 0 Å². The van der Waals surface area contributed by atoms with Crippen molar-refractivity contribution >= 4 is 11.9 Å². The number of unbranched alkanes of at least 4 members (excludes halogenated alkanes) is 1. The first kappa shape index (κ1) is 22.1. The molecule has 17 heavy (non-hydrogen) atoms. The van der Waals surface area contributed by atoms with Gasteiger partial charge in [-0.25, -0.2) is 0 Å². The molecule has 0 aliphatic heterocycles. The molecule has 0 radical (unpaired) electrons. The molecule has 0 saturated heterocycles. The Labute approximate surface area is 126 Å². The van der Waals surface area contributed by atoms with Crippen LogP contribution in [0, 0.1) is 5.92 Å². The monoisotopic (exact) mass is 254 g/mol. The van der Waals surface area contributed by atoms with Crippen LogP contribution in [0.3, 0.4) is 0 Å². The van der Waals surface area contributed by atoms with Gasteiger partial charge in [0.05, 0.1) is 6.61 Å². The van der Waals surface area contributed by atoms with Gasteiger partial charge < -0.3 is 14.6 Å². The molecular weight excluding hydrogens is 231 g/mol. The molecule has 5 heteroatoms. The maximum atomic E-state index is 9.93. The molecular formula is C12H23NaO4. The molecule has 0 aromatic rings. The molecule has 0 atom stereocenters. The van der Waals surface area contributed by atoms with Crippen LogP contribution in [-0.2, 0) is 14.3 Å². The fourth-order valence-electron chi connectivity index (χ4n) is 1.03. The number of hydrogen-bond donors (Lipinski definition) is 0. The number of hydrogen-bond acceptors (Lipinski definition) is 4. The third-order valence-corrected chi connectivity index (χ3v) is 1.76. The molecule has 0 unspecified atom stereocenters. The minimum atomic E-state index is -0.927. The van der Waals surface area contributed by atoms with E-state index in [0.29, 0.717) is 12.5 Å². The standard InChI is InChI=1S/C8H16O2.C4H8O2.Na/c1-7(2)5-3-4-6-8(9)10;1-3-6-4(2)5;/h7H,3-6H2,1-2H3,(H,9,10);3H2,1-2H3;/q;;+1/p-1. The summed E-state index contributed by atoms with van der Waals surface area (Å²) in [6, 6.07) is 0. The van der Waals surface area contributed by atoms with E-state index in [1.165, 1.54) is 6.92 Å². The molecule has 4 nitrogen and oxygen atoms in total. The maximum absolute atomic E-state index is 9.93. The first-order valence-corrected chi connectivity index (χ1v) is 5.73. The van der Waals surface area contributed by atoms with Crippen molar-refractivity contribution in [3.63, 3.8) is 0 Å². The quantitative estimate of drug-likeness (QED) is 0.330. The van der Waals surface area contributed by atoms with Gasteiger partial charge in [0, 0.05) is 12.9 Å². The van der Waals surface area contributed by atoms with E-state index in [-0.39, 0.29) is 41.9 Å². The van der Waals surface area contributed by atoms with Crippen molar-refractivity contribution in [1.29, 1.82) is 0 Å². The van der Waals surface area contributed by atoms with E-state index in [9.17, 15) is 14.7 Å². The van der Waals surface area contributed by atoms with Gasteiger partial charge in [-0.15, -0.1) is 0 Å². The van der Waals surface area contributed by atoms with Gasteiger partial charge in [0.2, 0.25) is 0 Å². The van der Waals surface area contributed by atoms with E-state index < -0.39 is 5.97 Å². The first-order valence-electron chi connectivity index (χ1n) is 5.73. The third-order valence-electron chi connectivity index (χ3n) is 1.76. The molecule has 0 aromatic heterocycles. The Kier molecular flexibility index (Phi) is 20.8. The van der Waals surface area contributed by atoms with Crippen molar-refractivity contribution in [2.75, 3.05) is 6.61 Å². The van der Waals surface area contributed by atoms with Gasteiger partial charge in [-0.05, 0) is 25.7 Å². The molecule has 96 valence electrons. The maximum Gasteiger partial charge on any atom is 1.00 e. The van der Waals surface area contributed by atoms with E-state index in [4.69, 9.17) is 0 Å². The second kappa shape index (κ2) is 15.9. The van der Waals surface area contributed by atoms with Crippen molar-refractivity contribution in [2.24, 2.45) is 5.92 Å². The molecule has 0 aromatic carbocycles. The van der Waals surface area contributed by atoms with Gasteiger partial charge in [-0.2, -0.15) is 0 Å². The Balaban J connectivity index is -0.000000244. The minimum absolute atomic E-state index is 0. The predicted octanol–water partition coefficient (Wildman–Crippen LogP) is -1.47. The second-order valence-corrected chi connectivity index (χ2v) is 3.94. The zero-order valence-corrected chi connectivity index (χ0v) is 13.7. The number of carboxylic acid groups (broad SMARTS) is 1. The van der Waals surface area contributed by atoms with Crippen LogP contribution in [0.15, 0.2) is 0 Å². The number of carbonyl (C=O) groups is 2. The summed E-state index contributed by atoms with van der Waals surface area (Å²) in [4.78, 5) is 19.8. The fourth-order valence-corrected chi connectivity index (χ4v) is 1.03. The Bertz CT molecular complexity index is 193. The molecule has 0 aliphatic carbocycles. The largest absolute Gasteiger partial charge is 1.00 e. The Morgan fingerprint density at radius 3 is 2.00 bits per heavy atom. The molecule has 0 N–H and O–H groups in total. The molecule has 0 amide bonds. The minimum Gasteiger partial charge on any atom is -0.550 e. The zero-order valence-electron chi connectivity index (χ0n) is 11.7. The normalized spacial score (nSPS) is 8.76. The summed E-state index contributed by atoms with van der Waals surface area (Å²) >= 11 is 0. The summed E-state index contributed by atoms with van der Waals surface area (Å²) < 4.78 is 4.40. The average Bonchev–Trinajstić information content (AvgIpc) is 2.12. The molecule has 0 fully saturated rings. The van der Waals surface area contributed by atoms with Crippen LogP contribution in [0.2, 0.25) is 0 Å². The first-order chi connectivity index (χ1) is 7.40. The Hall–Kier alpha value is -0.0600. The number of aliphatic carboxylic acids is 1. The van der Waals surface area contributed by atoms with Gasteiger partial charge in [0.15, 0.2) is 0 Å². The predicted molar refractivity (Wildman–Crippen MR) is 60.6 cm³/mol. The fraction of sp³-hybridized carbons (Fsp3) is 0.833. The van der Waals surface area contributed by atoms with E-state index >= 15 is 0 Å². The van der Waals surface area contributed by atoms with E-state index in [2.05, 4.69) is 18.6 Å². The van der Waals surface area contributed by atoms with Crippen LogP contribution < -0.4 is 34.7 Å². The van der Waals surface area contributed by atoms with E-state index in [1.807, 2.05) is 0 Å². The van der Waals surface area contributed by atoms with Crippen LogP contribution in [0.5, 0.6) is 0 Å². The van der Waals surface area contributed by atoms with Crippen molar-refractivity contribution in [2.45, 2.75) is 53.4 Å². The van der Waals surface area contributed by atoms with Gasteiger partial charge in [-0.1, -0.05) is 26.7 Å². The second-order valence-electron chi connectivity index (χ2n) is 3.94. The van der Waals surface area contributed by atoms with Gasteiger partial charge in [0.25, 0.3) is 0 Å². The summed E-state index contributed by atoms with van der Waals surface area (Å²) in [7, 11) is 0. The molecule has 0 spiro atoms. The smallest absolute Gasteiger partial charge is 0.550 e. The number of esters is 1. The van der Waals surface area contributed by atoms with E-state index in [1.54, 1.807) is 6.92 Å². The molecule has 0 rings (SSSR count). The summed E-state index contributed by atoms with van der Waals surface area (Å²) in [5.74, 6) is -0.456. The zero-order chi connectivity index (χ0) is 13.0. The van der Waals surface area contributed by atoms with Gasteiger partial charge in [-0.3, -0.25) is 4.79 Å². The topological polar surface area (TPSA) is 66.4 Å². The number of ether oxygens (including phenoxy) is 1. The third kappa shape index (κ3) is 31.4. The van der Waals surface area contributed by atoms with E-state index in [0.717, 1.165) is 19.3 Å². The Morgan fingerprint density at radius 2 is 1.76 bits per heavy atom. The van der Waals surface area contributed by atoms with Crippen LogP contribution in [-0.4, -0.2) is 18.5 Å². The molecule has 0 bridgehead atoms. The van der Waals surface area contributed by atoms with Gasteiger partial charge >= 0.3 is 35.5 Å². The van der Waals surface area contributed by atoms with Crippen molar-refractivity contribution in [1.82, 2.24) is 0 Å². The summed E-state index contributed by atoms with van der Waals surface area (Å²) in [6.07, 6.45) is 3.10. The SMILES string of the molecule is CC(C)CCCCC(=O)[O-].CCOC(C)=O.[Na+]. The molecule has 0 saturated carbocycles. The van der Waals surface area contributed by atoms with Crippen molar-refractivity contribution < 1.29 is 49.0 Å². The van der Waals surface area contributed by atoms with Crippen molar-refractivity contribution in [3.8, 4) is 0 Å². The van der Waals surface area contributed by atoms with Crippen LogP contribution in [0.1, 0.15) is 53.4 Å². The summed E-state index contributed by atoms with van der Waals surface area (Å²) in [5, 5.41) is 9.93. The average molecular weight is 254 g/mol. The number of rotatable bonds is 6. The Morgan fingerprint density at radius 1 is 1.24 bits per heavy atom. The van der Waals surface area contributed by atoms with Crippen LogP contribution >= 0.6 is 0 Å². The number of carboxylic acids is 1. The van der Waals surface area contributed by atoms with Gasteiger partial charge in [0.1, 0.15) is 0 Å². The number of carbonyl (C=O) groups excluding carboxylic acids is 2. The summed E-state index contributed by atoms with van der Waals surface area (Å²) in [5.41, 5.74) is 0. The van der Waals surface area contributed by atoms with Crippen molar-refractivity contribution in [3.05, 3.63) is 0 Å². The van der Waals surface area contributed by atoms with Crippen LogP contribution in [0.4, 0.5) is 0 Å². The molecule has 0 heterocycles. The summed E-state index contributed by atoms with van der Waals surface area (Å²) in [6.45, 7) is 7.93. The molecule has 0 aliphatic rings.